The van der Waals surface area contributed by atoms with Crippen LogP contribution in [0.5, 0.6) is 0 Å². The predicted octanol–water partition coefficient (Wildman–Crippen LogP) is 3.67. The Hall–Kier alpha value is -0.440. The smallest absolute Gasteiger partial charge is 0.252 e. The van der Waals surface area contributed by atoms with Gasteiger partial charge in [-0.3, -0.25) is 4.90 Å². The van der Waals surface area contributed by atoms with E-state index in [0.29, 0.717) is 17.3 Å². The lowest BCUT2D eigenvalue weighted by Crippen LogP contribution is -2.48. The van der Waals surface area contributed by atoms with Gasteiger partial charge in [0.25, 0.3) is 10.0 Å². The van der Waals surface area contributed by atoms with E-state index >= 15 is 0 Å². The van der Waals surface area contributed by atoms with Crippen molar-refractivity contribution in [1.29, 1.82) is 0 Å². The van der Waals surface area contributed by atoms with Crippen molar-refractivity contribution in [1.82, 2.24) is 9.21 Å². The molecule has 1 aliphatic heterocycles. The van der Waals surface area contributed by atoms with Crippen LogP contribution >= 0.6 is 38.9 Å². The average Bonchev–Trinajstić information content (AvgIpc) is 2.95. The number of nitrogens with zero attached hydrogens (tertiary/aromatic N) is 2. The molecule has 0 unspecified atom stereocenters. The molecule has 4 nitrogen and oxygen atoms in total. The van der Waals surface area contributed by atoms with E-state index in [1.807, 2.05) is 24.3 Å². The first-order chi connectivity index (χ1) is 10.9. The Kier molecular flexibility index (Phi) is 5.45. The molecule has 0 spiro atoms. The van der Waals surface area contributed by atoms with Gasteiger partial charge in [-0.15, -0.1) is 11.3 Å². The van der Waals surface area contributed by atoms with Crippen LogP contribution in [0, 0.1) is 0 Å². The number of hydrogen-bond acceptors (Lipinski definition) is 4. The van der Waals surface area contributed by atoms with Crippen LogP contribution in [0.25, 0.3) is 0 Å². The molecule has 1 saturated heterocycles. The fourth-order valence-electron chi connectivity index (χ4n) is 2.59. The van der Waals surface area contributed by atoms with Gasteiger partial charge >= 0.3 is 0 Å². The quantitative estimate of drug-likeness (QED) is 0.736. The van der Waals surface area contributed by atoms with Crippen molar-refractivity contribution in [3.8, 4) is 0 Å². The Morgan fingerprint density at radius 2 is 1.87 bits per heavy atom. The SMILES string of the molecule is O=S(=O)(c1ccc(Br)s1)N1CCN(Cc2cccc(Cl)c2)CC1. The van der Waals surface area contributed by atoms with Crippen molar-refractivity contribution >= 4 is 48.9 Å². The van der Waals surface area contributed by atoms with Crippen molar-refractivity contribution in [3.63, 3.8) is 0 Å². The van der Waals surface area contributed by atoms with Gasteiger partial charge < -0.3 is 0 Å². The van der Waals surface area contributed by atoms with E-state index in [0.717, 1.165) is 34.0 Å². The van der Waals surface area contributed by atoms with E-state index in [1.54, 1.807) is 16.4 Å². The Morgan fingerprint density at radius 1 is 1.13 bits per heavy atom. The Morgan fingerprint density at radius 3 is 2.48 bits per heavy atom. The fraction of sp³-hybridized carbons (Fsp3) is 0.333. The molecule has 2 heterocycles. The summed E-state index contributed by atoms with van der Waals surface area (Å²) in [5.74, 6) is 0. The fourth-order valence-corrected chi connectivity index (χ4v) is 6.38. The van der Waals surface area contributed by atoms with Crippen LogP contribution in [-0.2, 0) is 16.6 Å². The molecule has 0 amide bonds. The summed E-state index contributed by atoms with van der Waals surface area (Å²) in [6.07, 6.45) is 0. The van der Waals surface area contributed by atoms with Crippen LogP contribution in [0.2, 0.25) is 5.02 Å². The molecule has 0 radical (unpaired) electrons. The van der Waals surface area contributed by atoms with E-state index in [-0.39, 0.29) is 0 Å². The number of benzene rings is 1. The largest absolute Gasteiger partial charge is 0.296 e. The normalized spacial score (nSPS) is 17.5. The molecule has 0 aliphatic carbocycles. The van der Waals surface area contributed by atoms with Crippen molar-refractivity contribution in [3.05, 3.63) is 50.8 Å². The number of thiophene rings is 1. The predicted molar refractivity (Wildman–Crippen MR) is 97.5 cm³/mol. The molecular weight excluding hydrogens is 420 g/mol. The standard InChI is InChI=1S/C15H16BrClN2O2S2/c16-14-4-5-15(22-14)23(20,21)19-8-6-18(7-9-19)11-12-2-1-3-13(17)10-12/h1-5,10H,6-9,11H2. The van der Waals surface area contributed by atoms with Gasteiger partial charge in [-0.1, -0.05) is 23.7 Å². The highest BCUT2D eigenvalue weighted by molar-refractivity contribution is 9.11. The van der Waals surface area contributed by atoms with Crippen LogP contribution in [-0.4, -0.2) is 43.8 Å². The van der Waals surface area contributed by atoms with Gasteiger partial charge in [0.15, 0.2) is 0 Å². The van der Waals surface area contributed by atoms with Gasteiger partial charge in [-0.05, 0) is 45.8 Å². The third kappa shape index (κ3) is 4.15. The number of sulfonamides is 1. The van der Waals surface area contributed by atoms with Crippen LogP contribution in [0.15, 0.2) is 44.4 Å². The van der Waals surface area contributed by atoms with Crippen molar-refractivity contribution in [2.24, 2.45) is 0 Å². The monoisotopic (exact) mass is 434 g/mol. The molecule has 0 bridgehead atoms. The van der Waals surface area contributed by atoms with Crippen molar-refractivity contribution < 1.29 is 8.42 Å². The third-order valence-electron chi connectivity index (χ3n) is 3.77. The van der Waals surface area contributed by atoms with Crippen LogP contribution < -0.4 is 0 Å². The molecular formula is C15H16BrClN2O2S2. The minimum atomic E-state index is -3.37. The molecule has 1 aliphatic rings. The summed E-state index contributed by atoms with van der Waals surface area (Å²) in [6.45, 7) is 3.26. The summed E-state index contributed by atoms with van der Waals surface area (Å²) in [7, 11) is -3.37. The maximum atomic E-state index is 12.6. The van der Waals surface area contributed by atoms with Gasteiger partial charge in [-0.2, -0.15) is 4.31 Å². The highest BCUT2D eigenvalue weighted by Crippen LogP contribution is 2.29. The summed E-state index contributed by atoms with van der Waals surface area (Å²) >= 11 is 10.6. The highest BCUT2D eigenvalue weighted by atomic mass is 79.9. The molecule has 23 heavy (non-hydrogen) atoms. The molecule has 124 valence electrons. The molecule has 3 rings (SSSR count). The van der Waals surface area contributed by atoms with E-state index in [2.05, 4.69) is 20.8 Å². The average molecular weight is 436 g/mol. The van der Waals surface area contributed by atoms with E-state index < -0.39 is 10.0 Å². The molecule has 1 aromatic heterocycles. The summed E-state index contributed by atoms with van der Waals surface area (Å²) < 4.78 is 28.0. The van der Waals surface area contributed by atoms with E-state index in [9.17, 15) is 8.42 Å². The highest BCUT2D eigenvalue weighted by Gasteiger charge is 2.29. The summed E-state index contributed by atoms with van der Waals surface area (Å²) in [5.41, 5.74) is 1.15. The molecule has 1 fully saturated rings. The number of halogens is 2. The van der Waals surface area contributed by atoms with Crippen LogP contribution in [0.1, 0.15) is 5.56 Å². The molecule has 8 heteroatoms. The van der Waals surface area contributed by atoms with Crippen LogP contribution in [0.3, 0.4) is 0 Å². The molecule has 1 aromatic carbocycles. The lowest BCUT2D eigenvalue weighted by atomic mass is 10.2. The maximum absolute atomic E-state index is 12.6. The van der Waals surface area contributed by atoms with Crippen LogP contribution in [0.4, 0.5) is 0 Å². The summed E-state index contributed by atoms with van der Waals surface area (Å²) in [6, 6.07) is 11.2. The minimum Gasteiger partial charge on any atom is -0.296 e. The zero-order chi connectivity index (χ0) is 16.4. The number of piperazine rings is 1. The second-order valence-electron chi connectivity index (χ2n) is 5.37. The van der Waals surface area contributed by atoms with Gasteiger partial charge in [0.05, 0.1) is 3.79 Å². The first-order valence-corrected chi connectivity index (χ1v) is 10.6. The van der Waals surface area contributed by atoms with Gasteiger partial charge in [0.1, 0.15) is 4.21 Å². The Bertz CT molecular complexity index is 786. The van der Waals surface area contributed by atoms with Crippen molar-refractivity contribution in [2.75, 3.05) is 26.2 Å². The second-order valence-corrected chi connectivity index (χ2v) is 10.4. The van der Waals surface area contributed by atoms with Gasteiger partial charge in [0.2, 0.25) is 0 Å². The molecule has 0 saturated carbocycles. The van der Waals surface area contributed by atoms with E-state index in [1.165, 1.54) is 11.3 Å². The number of hydrogen-bond donors (Lipinski definition) is 0. The van der Waals surface area contributed by atoms with Crippen molar-refractivity contribution in [2.45, 2.75) is 10.8 Å². The number of rotatable bonds is 4. The lowest BCUT2D eigenvalue weighted by Gasteiger charge is -2.33. The Balaban J connectivity index is 1.62. The maximum Gasteiger partial charge on any atom is 0.252 e. The summed E-state index contributed by atoms with van der Waals surface area (Å²) in [4.78, 5) is 2.25. The third-order valence-corrected chi connectivity index (χ3v) is 7.99. The molecule has 0 N–H and O–H groups in total. The summed E-state index contributed by atoms with van der Waals surface area (Å²) in [5, 5.41) is 0.729. The van der Waals surface area contributed by atoms with Gasteiger partial charge in [0, 0.05) is 37.7 Å². The van der Waals surface area contributed by atoms with Gasteiger partial charge in [-0.25, -0.2) is 8.42 Å². The zero-order valence-electron chi connectivity index (χ0n) is 12.3. The molecule has 2 aromatic rings. The first-order valence-electron chi connectivity index (χ1n) is 7.17. The first kappa shape index (κ1) is 17.4. The molecule has 0 atom stereocenters. The topological polar surface area (TPSA) is 40.6 Å². The zero-order valence-corrected chi connectivity index (χ0v) is 16.3. The minimum absolute atomic E-state index is 0.396. The Labute approximate surface area is 153 Å². The second kappa shape index (κ2) is 7.21. The lowest BCUT2D eigenvalue weighted by molar-refractivity contribution is 0.182. The van der Waals surface area contributed by atoms with E-state index in [4.69, 9.17) is 11.6 Å².